The van der Waals surface area contributed by atoms with Crippen LogP contribution in [-0.2, 0) is 16.4 Å². The third-order valence-corrected chi connectivity index (χ3v) is 7.98. The van der Waals surface area contributed by atoms with Gasteiger partial charge in [0.2, 0.25) is 0 Å². The van der Waals surface area contributed by atoms with Gasteiger partial charge in [-0.3, -0.25) is 0 Å². The van der Waals surface area contributed by atoms with Gasteiger partial charge < -0.3 is 9.64 Å². The second-order valence-electron chi connectivity index (χ2n) is 6.60. The maximum atomic E-state index is 12.9. The first-order valence-corrected chi connectivity index (χ1v) is 11.3. The Hall–Kier alpha value is -1.57. The number of rotatable bonds is 6. The van der Waals surface area contributed by atoms with E-state index in [1.54, 1.807) is 10.4 Å². The molecule has 0 bridgehead atoms. The van der Waals surface area contributed by atoms with Crippen LogP contribution in [0.15, 0.2) is 40.6 Å². The first-order chi connectivity index (χ1) is 12.4. The van der Waals surface area contributed by atoms with Crippen molar-refractivity contribution in [1.29, 1.82) is 0 Å². The third-order valence-electron chi connectivity index (χ3n) is 4.39. The Bertz CT molecular complexity index is 838. The second kappa shape index (κ2) is 7.98. The summed E-state index contributed by atoms with van der Waals surface area (Å²) in [5, 5.41) is 0. The van der Waals surface area contributed by atoms with Gasteiger partial charge in [0.05, 0.1) is 11.8 Å². The number of hydrogen-bond donors (Lipinski definition) is 0. The zero-order valence-corrected chi connectivity index (χ0v) is 17.1. The molecule has 1 aliphatic heterocycles. The van der Waals surface area contributed by atoms with Gasteiger partial charge in [0, 0.05) is 31.1 Å². The predicted octanol–water partition coefficient (Wildman–Crippen LogP) is 3.61. The molecule has 0 saturated carbocycles. The van der Waals surface area contributed by atoms with Gasteiger partial charge in [0.15, 0.2) is 0 Å². The lowest BCUT2D eigenvalue weighted by Gasteiger charge is -2.36. The second-order valence-corrected chi connectivity index (χ2v) is 9.93. The highest BCUT2D eigenvalue weighted by Crippen LogP contribution is 2.31. The van der Waals surface area contributed by atoms with Gasteiger partial charge >= 0.3 is 0 Å². The molecule has 1 fully saturated rings. The zero-order chi connectivity index (χ0) is 18.7. The number of hydrogen-bond acceptors (Lipinski definition) is 5. The lowest BCUT2D eigenvalue weighted by molar-refractivity contribution is 0.242. The van der Waals surface area contributed by atoms with E-state index in [-0.39, 0.29) is 6.10 Å². The van der Waals surface area contributed by atoms with Gasteiger partial charge in [-0.1, -0.05) is 19.1 Å². The van der Waals surface area contributed by atoms with Gasteiger partial charge in [0.1, 0.15) is 9.96 Å². The van der Waals surface area contributed by atoms with Gasteiger partial charge in [-0.25, -0.2) is 8.42 Å². The SMILES string of the molecule is CCc1ccc(S(=O)(=O)N2CCN(c3ccccc3OC(C)C)CC2)s1. The molecule has 0 amide bonds. The minimum absolute atomic E-state index is 0.101. The van der Waals surface area contributed by atoms with Crippen molar-refractivity contribution in [2.45, 2.75) is 37.5 Å². The Balaban J connectivity index is 1.71. The van der Waals surface area contributed by atoms with Crippen LogP contribution in [0.1, 0.15) is 25.6 Å². The fraction of sp³-hybridized carbons (Fsp3) is 0.474. The highest BCUT2D eigenvalue weighted by atomic mass is 32.2. The highest BCUT2D eigenvalue weighted by Gasteiger charge is 2.30. The Morgan fingerprint density at radius 3 is 2.38 bits per heavy atom. The highest BCUT2D eigenvalue weighted by molar-refractivity contribution is 7.91. The fourth-order valence-electron chi connectivity index (χ4n) is 3.06. The summed E-state index contributed by atoms with van der Waals surface area (Å²) in [6.07, 6.45) is 0.963. The van der Waals surface area contributed by atoms with Crippen molar-refractivity contribution in [3.63, 3.8) is 0 Å². The summed E-state index contributed by atoms with van der Waals surface area (Å²) in [5.41, 5.74) is 1.03. The topological polar surface area (TPSA) is 49.9 Å². The molecule has 1 aromatic heterocycles. The lowest BCUT2D eigenvalue weighted by Crippen LogP contribution is -2.48. The molecule has 1 aromatic carbocycles. The zero-order valence-electron chi connectivity index (χ0n) is 15.5. The number of ether oxygens (including phenoxy) is 1. The van der Waals surface area contributed by atoms with Crippen LogP contribution in [0.5, 0.6) is 5.75 Å². The number of benzene rings is 1. The third kappa shape index (κ3) is 4.05. The van der Waals surface area contributed by atoms with Crippen molar-refractivity contribution >= 4 is 27.0 Å². The molecule has 5 nitrogen and oxygen atoms in total. The normalized spacial score (nSPS) is 16.2. The average molecular weight is 395 g/mol. The van der Waals surface area contributed by atoms with E-state index in [9.17, 15) is 8.42 Å². The van der Waals surface area contributed by atoms with Crippen LogP contribution >= 0.6 is 11.3 Å². The van der Waals surface area contributed by atoms with Crippen LogP contribution in [0.3, 0.4) is 0 Å². The number of nitrogens with zero attached hydrogens (tertiary/aromatic N) is 2. The first kappa shape index (κ1) is 19.2. The Labute approximate surface area is 160 Å². The number of para-hydroxylation sites is 2. The van der Waals surface area contributed by atoms with Gasteiger partial charge in [-0.2, -0.15) is 4.31 Å². The summed E-state index contributed by atoms with van der Waals surface area (Å²) >= 11 is 1.38. The smallest absolute Gasteiger partial charge is 0.252 e. The largest absolute Gasteiger partial charge is 0.489 e. The van der Waals surface area contributed by atoms with E-state index in [0.29, 0.717) is 30.4 Å². The molecule has 0 N–H and O–H groups in total. The number of aryl methyl sites for hydroxylation is 1. The molecular weight excluding hydrogens is 368 g/mol. The molecule has 0 aliphatic carbocycles. The van der Waals surface area contributed by atoms with E-state index in [2.05, 4.69) is 4.90 Å². The number of thiophene rings is 1. The summed E-state index contributed by atoms with van der Waals surface area (Å²) in [6, 6.07) is 11.6. The van der Waals surface area contributed by atoms with E-state index < -0.39 is 10.0 Å². The predicted molar refractivity (Wildman–Crippen MR) is 107 cm³/mol. The van der Waals surface area contributed by atoms with Crippen LogP contribution in [-0.4, -0.2) is 45.0 Å². The summed E-state index contributed by atoms with van der Waals surface area (Å²) in [5.74, 6) is 0.852. The molecule has 1 aliphatic rings. The molecule has 0 spiro atoms. The standard InChI is InChI=1S/C19H26N2O3S2/c1-4-16-9-10-19(25-16)26(22,23)21-13-11-20(12-14-21)17-7-5-6-8-18(17)24-15(2)3/h5-10,15H,4,11-14H2,1-3H3. The summed E-state index contributed by atoms with van der Waals surface area (Å²) in [4.78, 5) is 3.30. The van der Waals surface area contributed by atoms with Crippen molar-refractivity contribution in [1.82, 2.24) is 4.31 Å². The van der Waals surface area contributed by atoms with Crippen molar-refractivity contribution < 1.29 is 13.2 Å². The maximum absolute atomic E-state index is 12.9. The summed E-state index contributed by atoms with van der Waals surface area (Å²) in [6.45, 7) is 8.33. The molecule has 142 valence electrons. The minimum atomic E-state index is -3.39. The fourth-order valence-corrected chi connectivity index (χ4v) is 5.93. The number of anilines is 1. The van der Waals surface area contributed by atoms with E-state index in [0.717, 1.165) is 22.7 Å². The molecule has 3 rings (SSSR count). The molecule has 26 heavy (non-hydrogen) atoms. The van der Waals surface area contributed by atoms with E-state index in [4.69, 9.17) is 4.74 Å². The van der Waals surface area contributed by atoms with Crippen LogP contribution in [0, 0.1) is 0 Å². The first-order valence-electron chi connectivity index (χ1n) is 9.01. The Kier molecular flexibility index (Phi) is 5.89. The Morgan fingerprint density at radius 2 is 1.77 bits per heavy atom. The molecule has 2 heterocycles. The van der Waals surface area contributed by atoms with E-state index >= 15 is 0 Å². The monoisotopic (exact) mass is 394 g/mol. The molecular formula is C19H26N2O3S2. The summed E-state index contributed by atoms with van der Waals surface area (Å²) < 4.78 is 33.7. The van der Waals surface area contributed by atoms with Gasteiger partial charge in [-0.15, -0.1) is 11.3 Å². The summed E-state index contributed by atoms with van der Waals surface area (Å²) in [7, 11) is -3.39. The average Bonchev–Trinajstić information content (AvgIpc) is 3.12. The molecule has 0 atom stereocenters. The van der Waals surface area contributed by atoms with E-state index in [1.807, 2.05) is 51.1 Å². The molecule has 2 aromatic rings. The van der Waals surface area contributed by atoms with Gasteiger partial charge in [0.25, 0.3) is 10.0 Å². The van der Waals surface area contributed by atoms with Crippen LogP contribution < -0.4 is 9.64 Å². The van der Waals surface area contributed by atoms with Crippen molar-refractivity contribution in [2.24, 2.45) is 0 Å². The van der Waals surface area contributed by atoms with Crippen molar-refractivity contribution in [3.8, 4) is 5.75 Å². The quantitative estimate of drug-likeness (QED) is 0.751. The molecule has 1 saturated heterocycles. The van der Waals surface area contributed by atoms with Gasteiger partial charge in [-0.05, 0) is 44.5 Å². The van der Waals surface area contributed by atoms with Crippen LogP contribution in [0.4, 0.5) is 5.69 Å². The van der Waals surface area contributed by atoms with Crippen molar-refractivity contribution in [2.75, 3.05) is 31.1 Å². The van der Waals surface area contributed by atoms with Crippen molar-refractivity contribution in [3.05, 3.63) is 41.3 Å². The molecule has 7 heteroatoms. The van der Waals surface area contributed by atoms with E-state index in [1.165, 1.54) is 11.3 Å². The number of piperazine rings is 1. The van der Waals surface area contributed by atoms with Crippen LogP contribution in [0.25, 0.3) is 0 Å². The maximum Gasteiger partial charge on any atom is 0.252 e. The lowest BCUT2D eigenvalue weighted by atomic mass is 10.2. The van der Waals surface area contributed by atoms with Crippen LogP contribution in [0.2, 0.25) is 0 Å². The minimum Gasteiger partial charge on any atom is -0.489 e. The molecule has 0 radical (unpaired) electrons. The number of sulfonamides is 1. The Morgan fingerprint density at radius 1 is 1.08 bits per heavy atom. The molecule has 0 unspecified atom stereocenters.